The summed E-state index contributed by atoms with van der Waals surface area (Å²) in [5.74, 6) is 0.829. The van der Waals surface area contributed by atoms with Crippen LogP contribution in [0.25, 0.3) is 11.3 Å². The van der Waals surface area contributed by atoms with E-state index in [2.05, 4.69) is 10.3 Å². The van der Waals surface area contributed by atoms with Gasteiger partial charge in [0.15, 0.2) is 17.4 Å². The van der Waals surface area contributed by atoms with Gasteiger partial charge in [-0.05, 0) is 49.2 Å². The number of carbonyl (C=O) groups is 2. The number of benzene rings is 1. The molecule has 1 N–H and O–H groups in total. The molecule has 0 radical (unpaired) electrons. The molecule has 3 heterocycles. The average Bonchev–Trinajstić information content (AvgIpc) is 3.45. The van der Waals surface area contributed by atoms with Gasteiger partial charge in [-0.2, -0.15) is 0 Å². The Hall–Kier alpha value is -3.42. The highest BCUT2D eigenvalue weighted by atomic mass is 19.1. The second-order valence-corrected chi connectivity index (χ2v) is 7.24. The van der Waals surface area contributed by atoms with Crippen molar-refractivity contribution in [1.29, 1.82) is 0 Å². The molecule has 3 aromatic rings. The van der Waals surface area contributed by atoms with Crippen molar-refractivity contribution in [2.75, 3.05) is 13.1 Å². The van der Waals surface area contributed by atoms with Crippen LogP contribution in [-0.2, 0) is 11.2 Å². The highest BCUT2D eigenvalue weighted by molar-refractivity contribution is 5.91. The molecule has 4 rings (SSSR count). The van der Waals surface area contributed by atoms with Gasteiger partial charge in [0.25, 0.3) is 5.91 Å². The van der Waals surface area contributed by atoms with Crippen LogP contribution in [0, 0.1) is 5.82 Å². The van der Waals surface area contributed by atoms with E-state index in [0.29, 0.717) is 49.8 Å². The quantitative estimate of drug-likeness (QED) is 0.671. The molecular formula is C22H22FN3O4. The number of likely N-dealkylation sites (tertiary alicyclic amines) is 1. The first-order valence-corrected chi connectivity index (χ1v) is 9.91. The van der Waals surface area contributed by atoms with Crippen LogP contribution in [0.15, 0.2) is 57.7 Å². The van der Waals surface area contributed by atoms with E-state index in [-0.39, 0.29) is 30.1 Å². The Bertz CT molecular complexity index is 990. The molecule has 156 valence electrons. The van der Waals surface area contributed by atoms with Gasteiger partial charge in [0.05, 0.1) is 12.5 Å². The second kappa shape index (κ2) is 8.94. The third-order valence-electron chi connectivity index (χ3n) is 5.13. The maximum absolute atomic E-state index is 13.0. The maximum Gasteiger partial charge on any atom is 0.289 e. The van der Waals surface area contributed by atoms with Crippen molar-refractivity contribution in [1.82, 2.24) is 15.2 Å². The summed E-state index contributed by atoms with van der Waals surface area (Å²) in [5, 5.41) is 3.02. The number of rotatable bonds is 6. The molecule has 8 heteroatoms. The molecule has 1 fully saturated rings. The number of nitrogens with one attached hydrogen (secondary N) is 1. The predicted octanol–water partition coefficient (Wildman–Crippen LogP) is 3.43. The molecule has 2 aromatic heterocycles. The Morgan fingerprint density at radius 3 is 2.63 bits per heavy atom. The highest BCUT2D eigenvalue weighted by Crippen LogP contribution is 2.21. The van der Waals surface area contributed by atoms with Crippen molar-refractivity contribution in [3.63, 3.8) is 0 Å². The molecule has 30 heavy (non-hydrogen) atoms. The summed E-state index contributed by atoms with van der Waals surface area (Å²) in [5.41, 5.74) is 0.732. The Kier molecular flexibility index (Phi) is 5.92. The summed E-state index contributed by atoms with van der Waals surface area (Å²) in [6, 6.07) is 9.34. The molecule has 0 aliphatic carbocycles. The number of furan rings is 1. The molecule has 0 spiro atoms. The zero-order chi connectivity index (χ0) is 20.9. The zero-order valence-electron chi connectivity index (χ0n) is 16.3. The van der Waals surface area contributed by atoms with Crippen LogP contribution in [0.3, 0.4) is 0 Å². The molecule has 0 unspecified atom stereocenters. The SMILES string of the molecule is O=C(CCc1ncc(-c2ccc(F)cc2)o1)NC1CCN(C(=O)c2ccco2)CC1. The van der Waals surface area contributed by atoms with Crippen LogP contribution in [-0.4, -0.2) is 40.8 Å². The fourth-order valence-corrected chi connectivity index (χ4v) is 3.48. The van der Waals surface area contributed by atoms with Crippen molar-refractivity contribution in [2.24, 2.45) is 0 Å². The molecule has 0 saturated carbocycles. The van der Waals surface area contributed by atoms with Crippen molar-refractivity contribution in [3.05, 3.63) is 66.3 Å². The fraction of sp³-hybridized carbons (Fsp3) is 0.318. The van der Waals surface area contributed by atoms with Gasteiger partial charge in [-0.1, -0.05) is 0 Å². The lowest BCUT2D eigenvalue weighted by molar-refractivity contribution is -0.122. The number of amides is 2. The molecule has 1 aromatic carbocycles. The Morgan fingerprint density at radius 1 is 1.17 bits per heavy atom. The summed E-state index contributed by atoms with van der Waals surface area (Å²) >= 11 is 0. The number of hydrogen-bond acceptors (Lipinski definition) is 5. The third kappa shape index (κ3) is 4.76. The zero-order valence-corrected chi connectivity index (χ0v) is 16.3. The fourth-order valence-electron chi connectivity index (χ4n) is 3.48. The van der Waals surface area contributed by atoms with Crippen molar-refractivity contribution < 1.29 is 22.8 Å². The van der Waals surface area contributed by atoms with Gasteiger partial charge in [0, 0.05) is 37.5 Å². The average molecular weight is 411 g/mol. The van der Waals surface area contributed by atoms with Gasteiger partial charge in [-0.15, -0.1) is 0 Å². The maximum atomic E-state index is 13.0. The molecule has 1 aliphatic heterocycles. The number of oxazole rings is 1. The van der Waals surface area contributed by atoms with E-state index in [1.54, 1.807) is 35.4 Å². The minimum atomic E-state index is -0.314. The van der Waals surface area contributed by atoms with Crippen molar-refractivity contribution in [2.45, 2.75) is 31.7 Å². The van der Waals surface area contributed by atoms with Crippen LogP contribution >= 0.6 is 0 Å². The van der Waals surface area contributed by atoms with Gasteiger partial charge in [-0.25, -0.2) is 9.37 Å². The first kappa shape index (κ1) is 19.9. The summed E-state index contributed by atoms with van der Waals surface area (Å²) in [6.07, 6.45) is 5.10. The Labute approximate surface area is 172 Å². The standard InChI is InChI=1S/C22H22FN3O4/c23-16-5-3-15(4-6-16)19-14-24-21(30-19)8-7-20(27)25-17-9-11-26(12-10-17)22(28)18-2-1-13-29-18/h1-6,13-14,17H,7-12H2,(H,25,27). The van der Waals surface area contributed by atoms with E-state index in [0.717, 1.165) is 5.56 Å². The lowest BCUT2D eigenvalue weighted by atomic mass is 10.0. The van der Waals surface area contributed by atoms with Crippen LogP contribution in [0.4, 0.5) is 4.39 Å². The first-order chi connectivity index (χ1) is 14.6. The molecule has 7 nitrogen and oxygen atoms in total. The van der Waals surface area contributed by atoms with Gasteiger partial charge >= 0.3 is 0 Å². The molecule has 1 aliphatic rings. The van der Waals surface area contributed by atoms with Gasteiger partial charge in [0.1, 0.15) is 5.82 Å². The van der Waals surface area contributed by atoms with E-state index in [4.69, 9.17) is 8.83 Å². The smallest absolute Gasteiger partial charge is 0.289 e. The van der Waals surface area contributed by atoms with Crippen LogP contribution in [0.5, 0.6) is 0 Å². The minimum Gasteiger partial charge on any atom is -0.459 e. The second-order valence-electron chi connectivity index (χ2n) is 7.24. The Balaban J connectivity index is 1.21. The molecule has 1 saturated heterocycles. The number of carbonyl (C=O) groups excluding carboxylic acids is 2. The number of nitrogens with zero attached hydrogens (tertiary/aromatic N) is 2. The number of aryl methyl sites for hydroxylation is 1. The van der Waals surface area contributed by atoms with Crippen LogP contribution in [0.2, 0.25) is 0 Å². The van der Waals surface area contributed by atoms with Gasteiger partial charge in [-0.3, -0.25) is 9.59 Å². The summed E-state index contributed by atoms with van der Waals surface area (Å²) in [7, 11) is 0. The van der Waals surface area contributed by atoms with E-state index < -0.39 is 0 Å². The summed E-state index contributed by atoms with van der Waals surface area (Å²) in [6.45, 7) is 1.15. The molecular weight excluding hydrogens is 389 g/mol. The van der Waals surface area contributed by atoms with E-state index >= 15 is 0 Å². The number of hydrogen-bond donors (Lipinski definition) is 1. The Morgan fingerprint density at radius 2 is 1.93 bits per heavy atom. The lowest BCUT2D eigenvalue weighted by Crippen LogP contribution is -2.46. The summed E-state index contributed by atoms with van der Waals surface area (Å²) < 4.78 is 23.8. The van der Waals surface area contributed by atoms with Crippen molar-refractivity contribution in [3.8, 4) is 11.3 Å². The lowest BCUT2D eigenvalue weighted by Gasteiger charge is -2.31. The monoisotopic (exact) mass is 411 g/mol. The predicted molar refractivity (Wildman–Crippen MR) is 106 cm³/mol. The topological polar surface area (TPSA) is 88.6 Å². The van der Waals surface area contributed by atoms with E-state index in [1.807, 2.05) is 0 Å². The van der Waals surface area contributed by atoms with Gasteiger partial charge in [0.2, 0.25) is 5.91 Å². The number of aromatic nitrogens is 1. The first-order valence-electron chi connectivity index (χ1n) is 9.91. The molecule has 0 bridgehead atoms. The minimum absolute atomic E-state index is 0.0393. The van der Waals surface area contributed by atoms with Crippen LogP contribution in [0.1, 0.15) is 35.7 Å². The van der Waals surface area contributed by atoms with Crippen LogP contribution < -0.4 is 5.32 Å². The number of piperidine rings is 1. The highest BCUT2D eigenvalue weighted by Gasteiger charge is 2.25. The third-order valence-corrected chi connectivity index (χ3v) is 5.13. The van der Waals surface area contributed by atoms with Crippen molar-refractivity contribution >= 4 is 11.8 Å². The van der Waals surface area contributed by atoms with E-state index in [1.165, 1.54) is 18.4 Å². The summed E-state index contributed by atoms with van der Waals surface area (Å²) in [4.78, 5) is 30.5. The normalized spacial score (nSPS) is 14.6. The number of halogens is 1. The largest absolute Gasteiger partial charge is 0.459 e. The van der Waals surface area contributed by atoms with E-state index in [9.17, 15) is 14.0 Å². The van der Waals surface area contributed by atoms with Gasteiger partial charge < -0.3 is 19.1 Å². The molecule has 2 amide bonds. The molecule has 0 atom stereocenters.